The second-order valence-electron chi connectivity index (χ2n) is 3.11. The summed E-state index contributed by atoms with van der Waals surface area (Å²) in [7, 11) is 0. The smallest absolute Gasteiger partial charge is 0.345 e. The summed E-state index contributed by atoms with van der Waals surface area (Å²) in [5.74, 6) is 0. The minimum atomic E-state index is 0. The fraction of sp³-hybridized carbons (Fsp3) is 0.778. The summed E-state index contributed by atoms with van der Waals surface area (Å²) in [6.07, 6.45) is 8.97. The van der Waals surface area contributed by atoms with Crippen LogP contribution in [-0.4, -0.2) is 0 Å². The van der Waals surface area contributed by atoms with Crippen molar-refractivity contribution in [3.8, 4) is 0 Å². The van der Waals surface area contributed by atoms with Crippen LogP contribution in [0.2, 0.25) is 0 Å². The first kappa shape index (κ1) is 10.7. The van der Waals surface area contributed by atoms with Gasteiger partial charge in [-0.2, -0.15) is 11.8 Å². The third-order valence-electron chi connectivity index (χ3n) is 2.26. The largest absolute Gasteiger partial charge is 2.00 e. The minimum Gasteiger partial charge on any atom is -0.345 e. The number of hydrogen-bond donors (Lipinski definition) is 0. The molecule has 0 heterocycles. The fourth-order valence-electron chi connectivity index (χ4n) is 1.17. The minimum absolute atomic E-state index is 0. The van der Waals surface area contributed by atoms with Crippen LogP contribution in [0, 0.1) is 18.8 Å². The van der Waals surface area contributed by atoms with Crippen molar-refractivity contribution in [1.82, 2.24) is 0 Å². The monoisotopic (exact) mass is 308 g/mol. The maximum atomic E-state index is 3.94. The third kappa shape index (κ3) is 2.74. The maximum absolute atomic E-state index is 3.94. The molecule has 0 saturated heterocycles. The molecule has 0 amide bonds. The van der Waals surface area contributed by atoms with Gasteiger partial charge in [0.05, 0.1) is 0 Å². The van der Waals surface area contributed by atoms with Crippen molar-refractivity contribution in [2.24, 2.45) is 5.41 Å². The van der Waals surface area contributed by atoms with Gasteiger partial charge in [-0.05, 0) is 0 Å². The molecule has 1 aliphatic rings. The fourth-order valence-corrected chi connectivity index (χ4v) is 1.17. The summed E-state index contributed by atoms with van der Waals surface area (Å²) in [6, 6.07) is 0. The summed E-state index contributed by atoms with van der Waals surface area (Å²) in [5.41, 5.74) is 0.607. The van der Waals surface area contributed by atoms with Crippen LogP contribution in [0.1, 0.15) is 39.0 Å². The second-order valence-corrected chi connectivity index (χ2v) is 3.11. The van der Waals surface area contributed by atoms with Gasteiger partial charge in [0.15, 0.2) is 0 Å². The summed E-state index contributed by atoms with van der Waals surface area (Å²) in [4.78, 5) is 0. The van der Waals surface area contributed by atoms with E-state index in [4.69, 9.17) is 0 Å². The number of hydrogen-bond acceptors (Lipinski definition) is 0. The zero-order chi connectivity index (χ0) is 6.74. The molecule has 10 heavy (non-hydrogen) atoms. The Hall–Kier alpha value is 0.688. The normalized spacial score (nSPS) is 19.8. The topological polar surface area (TPSA) is 0 Å². The molecule has 1 aliphatic carbocycles. The van der Waals surface area contributed by atoms with Gasteiger partial charge in [-0.1, -0.05) is 26.2 Å². The van der Waals surface area contributed by atoms with Crippen molar-refractivity contribution in [1.29, 1.82) is 0 Å². The Balaban J connectivity index is 0.000000810. The Morgan fingerprint density at radius 2 is 2.10 bits per heavy atom. The van der Waals surface area contributed by atoms with Crippen LogP contribution in [0.5, 0.6) is 0 Å². The Morgan fingerprint density at radius 1 is 1.50 bits per heavy atom. The predicted octanol–water partition coefficient (Wildman–Crippen LogP) is 2.99. The predicted molar refractivity (Wildman–Crippen MR) is 40.8 cm³/mol. The first-order chi connectivity index (χ1) is 4.33. The summed E-state index contributed by atoms with van der Waals surface area (Å²) >= 11 is 0. The van der Waals surface area contributed by atoms with Crippen LogP contribution in [0.3, 0.4) is 0 Å². The molecule has 1 heteroatoms. The quantitative estimate of drug-likeness (QED) is 0.701. The van der Waals surface area contributed by atoms with Crippen molar-refractivity contribution in [2.45, 2.75) is 39.0 Å². The van der Waals surface area contributed by atoms with Crippen LogP contribution in [0.4, 0.5) is 0 Å². The van der Waals surface area contributed by atoms with Gasteiger partial charge in [-0.15, -0.1) is 0 Å². The molecule has 0 aliphatic heterocycles. The van der Waals surface area contributed by atoms with Crippen molar-refractivity contribution in [2.75, 3.05) is 0 Å². The van der Waals surface area contributed by atoms with Crippen LogP contribution >= 0.6 is 0 Å². The van der Waals surface area contributed by atoms with Crippen molar-refractivity contribution in [3.05, 3.63) is 13.3 Å². The molecule has 0 nitrogen and oxygen atoms in total. The van der Waals surface area contributed by atoms with E-state index in [1.807, 2.05) is 0 Å². The molecule has 0 radical (unpaired) electrons. The summed E-state index contributed by atoms with van der Waals surface area (Å²) in [6.45, 7) is 6.17. The maximum Gasteiger partial charge on any atom is 2.00 e. The summed E-state index contributed by atoms with van der Waals surface area (Å²) in [5, 5.41) is 0. The summed E-state index contributed by atoms with van der Waals surface area (Å²) < 4.78 is 0. The van der Waals surface area contributed by atoms with Gasteiger partial charge >= 0.3 is 21.1 Å². The Bertz CT molecular complexity index is 84.7. The second kappa shape index (κ2) is 4.54. The van der Waals surface area contributed by atoms with Crippen molar-refractivity contribution < 1.29 is 21.1 Å². The van der Waals surface area contributed by atoms with Gasteiger partial charge in [0, 0.05) is 0 Å². The van der Waals surface area contributed by atoms with E-state index in [1.54, 1.807) is 0 Å². The molecule has 1 saturated carbocycles. The Kier molecular flexibility index (Phi) is 4.86. The molecular formula is C9H16W. The van der Waals surface area contributed by atoms with Gasteiger partial charge in [0.2, 0.25) is 0 Å². The van der Waals surface area contributed by atoms with Crippen LogP contribution in [0.15, 0.2) is 0 Å². The first-order valence-electron chi connectivity index (χ1n) is 3.96. The molecule has 0 bridgehead atoms. The zero-order valence-electron chi connectivity index (χ0n) is 6.73. The van der Waals surface area contributed by atoms with E-state index >= 15 is 0 Å². The van der Waals surface area contributed by atoms with E-state index in [0.717, 1.165) is 6.42 Å². The van der Waals surface area contributed by atoms with Crippen LogP contribution < -0.4 is 0 Å². The van der Waals surface area contributed by atoms with Gasteiger partial charge < -0.3 is 13.3 Å². The van der Waals surface area contributed by atoms with Crippen molar-refractivity contribution in [3.63, 3.8) is 0 Å². The molecule has 1 rings (SSSR count). The van der Waals surface area contributed by atoms with E-state index in [0.29, 0.717) is 5.41 Å². The molecule has 0 unspecified atom stereocenters. The van der Waals surface area contributed by atoms with E-state index in [-0.39, 0.29) is 21.1 Å². The van der Waals surface area contributed by atoms with E-state index in [9.17, 15) is 0 Å². The molecule has 0 aromatic carbocycles. The molecule has 0 aromatic rings. The van der Waals surface area contributed by atoms with E-state index < -0.39 is 0 Å². The Morgan fingerprint density at radius 3 is 2.40 bits per heavy atom. The molecule has 0 N–H and O–H groups in total. The van der Waals surface area contributed by atoms with Crippen molar-refractivity contribution >= 4 is 0 Å². The molecule has 0 aromatic heterocycles. The number of unbranched alkanes of at least 4 members (excludes halogenated alkanes) is 1. The number of rotatable bonds is 4. The molecule has 58 valence electrons. The third-order valence-corrected chi connectivity index (χ3v) is 2.26. The van der Waals surface area contributed by atoms with Gasteiger partial charge in [-0.3, -0.25) is 0 Å². The van der Waals surface area contributed by atoms with Gasteiger partial charge in [0.1, 0.15) is 0 Å². The SMILES string of the molecule is [CH2-]CC1([CH-]CCC)CC1.[W+2]. The van der Waals surface area contributed by atoms with Gasteiger partial charge in [-0.25, -0.2) is 6.42 Å². The van der Waals surface area contributed by atoms with Gasteiger partial charge in [0.25, 0.3) is 0 Å². The molecule has 0 atom stereocenters. The molecule has 0 spiro atoms. The molecule has 1 fully saturated rings. The van der Waals surface area contributed by atoms with E-state index in [1.165, 1.54) is 25.7 Å². The standard InChI is InChI=1S/C9H16.W/c1-3-5-6-9(4-2)7-8-9;/h6H,2-5,7-8H2,1H3;/q-2;+2. The van der Waals surface area contributed by atoms with E-state index in [2.05, 4.69) is 20.3 Å². The average Bonchev–Trinajstić information content (AvgIpc) is 2.65. The zero-order valence-corrected chi connectivity index (χ0v) is 9.66. The Labute approximate surface area is 79.0 Å². The van der Waals surface area contributed by atoms with Crippen LogP contribution in [0.25, 0.3) is 0 Å². The average molecular weight is 308 g/mol. The first-order valence-corrected chi connectivity index (χ1v) is 3.96. The van der Waals surface area contributed by atoms with Crippen LogP contribution in [-0.2, 0) is 21.1 Å². The molecular weight excluding hydrogens is 292 g/mol.